The van der Waals surface area contributed by atoms with Crippen LogP contribution in [0.1, 0.15) is 36.8 Å². The summed E-state index contributed by atoms with van der Waals surface area (Å²) in [5, 5.41) is 3.28. The maximum absolute atomic E-state index is 13.6. The number of halogens is 2. The van der Waals surface area contributed by atoms with Gasteiger partial charge in [0.2, 0.25) is 0 Å². The first-order valence-electron chi connectivity index (χ1n) is 6.30. The van der Waals surface area contributed by atoms with Crippen LogP contribution in [0.4, 0.5) is 8.78 Å². The maximum Gasteiger partial charge on any atom is 0.274 e. The van der Waals surface area contributed by atoms with Gasteiger partial charge in [-0.3, -0.25) is 0 Å². The minimum absolute atomic E-state index is 0.0129. The minimum Gasteiger partial charge on any atom is -0.496 e. The summed E-state index contributed by atoms with van der Waals surface area (Å²) in [7, 11) is 1.47. The predicted octanol–water partition coefficient (Wildman–Crippen LogP) is 3.27. The van der Waals surface area contributed by atoms with Crippen molar-refractivity contribution in [3.8, 4) is 5.75 Å². The number of ether oxygens (including phenoxy) is 1. The molecule has 0 spiro atoms. The zero-order valence-corrected chi connectivity index (χ0v) is 10.8. The molecule has 1 aromatic rings. The molecule has 18 heavy (non-hydrogen) atoms. The third-order valence-electron chi connectivity index (χ3n) is 3.50. The number of para-hydroxylation sites is 1. The van der Waals surface area contributed by atoms with Gasteiger partial charge >= 0.3 is 0 Å². The van der Waals surface area contributed by atoms with E-state index in [0.29, 0.717) is 11.7 Å². The van der Waals surface area contributed by atoms with Crippen LogP contribution in [0, 0.1) is 0 Å². The molecule has 0 aromatic heterocycles. The number of hydrogen-bond donors (Lipinski definition) is 1. The lowest BCUT2D eigenvalue weighted by Gasteiger charge is -2.26. The Morgan fingerprint density at radius 2 is 1.94 bits per heavy atom. The van der Waals surface area contributed by atoms with E-state index in [0.717, 1.165) is 38.4 Å². The molecule has 1 N–H and O–H groups in total. The fraction of sp³-hybridized carbons (Fsp3) is 0.571. The molecule has 0 bridgehead atoms. The van der Waals surface area contributed by atoms with Crippen LogP contribution in [0.2, 0.25) is 0 Å². The molecule has 0 atom stereocenters. The number of piperidine rings is 1. The second-order valence-corrected chi connectivity index (χ2v) is 4.84. The Hall–Kier alpha value is -1.16. The first-order chi connectivity index (χ1) is 8.54. The maximum atomic E-state index is 13.6. The van der Waals surface area contributed by atoms with E-state index in [1.807, 2.05) is 6.07 Å². The second kappa shape index (κ2) is 5.22. The van der Waals surface area contributed by atoms with Gasteiger partial charge in [-0.05, 0) is 43.5 Å². The molecular weight excluding hydrogens is 236 g/mol. The average Bonchev–Trinajstić information content (AvgIpc) is 2.37. The lowest BCUT2D eigenvalue weighted by atomic mass is 9.87. The van der Waals surface area contributed by atoms with Gasteiger partial charge in [-0.25, -0.2) is 8.78 Å². The zero-order valence-electron chi connectivity index (χ0n) is 10.8. The fourth-order valence-electron chi connectivity index (χ4n) is 2.58. The monoisotopic (exact) mass is 255 g/mol. The summed E-state index contributed by atoms with van der Waals surface area (Å²) < 4.78 is 32.4. The van der Waals surface area contributed by atoms with Gasteiger partial charge in [-0.2, -0.15) is 0 Å². The number of methoxy groups -OCH3 is 1. The van der Waals surface area contributed by atoms with Crippen molar-refractivity contribution < 1.29 is 13.5 Å². The quantitative estimate of drug-likeness (QED) is 0.895. The third kappa shape index (κ3) is 2.64. The Bertz CT molecular complexity index is 409. The van der Waals surface area contributed by atoms with Crippen LogP contribution in [-0.2, 0) is 5.92 Å². The van der Waals surface area contributed by atoms with E-state index in [9.17, 15) is 8.78 Å². The van der Waals surface area contributed by atoms with Crippen LogP contribution in [0.25, 0.3) is 0 Å². The average molecular weight is 255 g/mol. The van der Waals surface area contributed by atoms with E-state index in [4.69, 9.17) is 4.74 Å². The van der Waals surface area contributed by atoms with E-state index in [1.54, 1.807) is 6.07 Å². The van der Waals surface area contributed by atoms with Crippen molar-refractivity contribution in [3.63, 3.8) is 0 Å². The van der Waals surface area contributed by atoms with Gasteiger partial charge in [0.1, 0.15) is 5.75 Å². The SMILES string of the molecule is COc1c(C2CCNCC2)cccc1C(C)(F)F. The van der Waals surface area contributed by atoms with Crippen molar-refractivity contribution in [1.82, 2.24) is 5.32 Å². The van der Waals surface area contributed by atoms with Crippen molar-refractivity contribution in [2.45, 2.75) is 31.6 Å². The molecule has 100 valence electrons. The van der Waals surface area contributed by atoms with E-state index >= 15 is 0 Å². The summed E-state index contributed by atoms with van der Waals surface area (Å²) in [6.45, 7) is 2.78. The van der Waals surface area contributed by atoms with Gasteiger partial charge < -0.3 is 10.1 Å². The van der Waals surface area contributed by atoms with E-state index in [1.165, 1.54) is 13.2 Å². The van der Waals surface area contributed by atoms with Crippen molar-refractivity contribution in [2.24, 2.45) is 0 Å². The van der Waals surface area contributed by atoms with Gasteiger partial charge in [0.25, 0.3) is 5.92 Å². The second-order valence-electron chi connectivity index (χ2n) is 4.84. The molecule has 0 aliphatic carbocycles. The molecule has 1 aromatic carbocycles. The van der Waals surface area contributed by atoms with Gasteiger partial charge in [0, 0.05) is 6.92 Å². The van der Waals surface area contributed by atoms with Crippen molar-refractivity contribution in [3.05, 3.63) is 29.3 Å². The summed E-state index contributed by atoms with van der Waals surface area (Å²) in [5.74, 6) is -2.20. The molecule has 0 amide bonds. The first-order valence-corrected chi connectivity index (χ1v) is 6.30. The lowest BCUT2D eigenvalue weighted by molar-refractivity contribution is 0.0149. The summed E-state index contributed by atoms with van der Waals surface area (Å²) in [6, 6.07) is 5.06. The molecule has 1 heterocycles. The summed E-state index contributed by atoms with van der Waals surface area (Å²) in [4.78, 5) is 0. The highest BCUT2D eigenvalue weighted by molar-refractivity contribution is 5.45. The van der Waals surface area contributed by atoms with Crippen LogP contribution < -0.4 is 10.1 Å². The largest absolute Gasteiger partial charge is 0.496 e. The number of nitrogens with one attached hydrogen (secondary N) is 1. The molecule has 0 saturated carbocycles. The van der Waals surface area contributed by atoms with Crippen LogP contribution in [0.15, 0.2) is 18.2 Å². The highest BCUT2D eigenvalue weighted by Crippen LogP contribution is 2.41. The van der Waals surface area contributed by atoms with Gasteiger partial charge in [0.15, 0.2) is 0 Å². The number of benzene rings is 1. The zero-order chi connectivity index (χ0) is 13.2. The highest BCUT2D eigenvalue weighted by Gasteiger charge is 2.31. The molecule has 1 saturated heterocycles. The molecule has 1 fully saturated rings. The van der Waals surface area contributed by atoms with Crippen molar-refractivity contribution in [2.75, 3.05) is 20.2 Å². The van der Waals surface area contributed by atoms with Crippen LogP contribution in [-0.4, -0.2) is 20.2 Å². The Balaban J connectivity index is 2.40. The number of alkyl halides is 2. The topological polar surface area (TPSA) is 21.3 Å². The normalized spacial score (nSPS) is 17.8. The molecule has 2 rings (SSSR count). The minimum atomic E-state index is -2.87. The van der Waals surface area contributed by atoms with E-state index in [-0.39, 0.29) is 5.56 Å². The van der Waals surface area contributed by atoms with Crippen LogP contribution in [0.3, 0.4) is 0 Å². The first kappa shape index (κ1) is 13.3. The molecule has 2 nitrogen and oxygen atoms in total. The van der Waals surface area contributed by atoms with Crippen molar-refractivity contribution >= 4 is 0 Å². The predicted molar refractivity (Wildman–Crippen MR) is 67.4 cm³/mol. The standard InChI is InChI=1S/C14H19F2NO/c1-14(15,16)12-5-3-4-11(13(12)18-2)10-6-8-17-9-7-10/h3-5,10,17H,6-9H2,1-2H3. The van der Waals surface area contributed by atoms with Gasteiger partial charge in [-0.15, -0.1) is 0 Å². The molecule has 4 heteroatoms. The molecule has 1 aliphatic heterocycles. The molecule has 1 aliphatic rings. The van der Waals surface area contributed by atoms with E-state index in [2.05, 4.69) is 5.32 Å². The van der Waals surface area contributed by atoms with Gasteiger partial charge in [0.05, 0.1) is 12.7 Å². The Kier molecular flexibility index (Phi) is 3.85. The van der Waals surface area contributed by atoms with E-state index < -0.39 is 5.92 Å². The van der Waals surface area contributed by atoms with Crippen LogP contribution >= 0.6 is 0 Å². The molecule has 0 unspecified atom stereocenters. The van der Waals surface area contributed by atoms with Crippen molar-refractivity contribution in [1.29, 1.82) is 0 Å². The molecule has 0 radical (unpaired) electrons. The third-order valence-corrected chi connectivity index (χ3v) is 3.50. The highest BCUT2D eigenvalue weighted by atomic mass is 19.3. The molecular formula is C14H19F2NO. The van der Waals surface area contributed by atoms with Crippen LogP contribution in [0.5, 0.6) is 5.75 Å². The summed E-state index contributed by atoms with van der Waals surface area (Å²) in [5.41, 5.74) is 0.902. The summed E-state index contributed by atoms with van der Waals surface area (Å²) in [6.07, 6.45) is 1.93. The number of hydrogen-bond acceptors (Lipinski definition) is 2. The van der Waals surface area contributed by atoms with Gasteiger partial charge in [-0.1, -0.05) is 12.1 Å². The Morgan fingerprint density at radius 1 is 1.28 bits per heavy atom. The Labute approximate surface area is 106 Å². The lowest BCUT2D eigenvalue weighted by Crippen LogP contribution is -2.27. The smallest absolute Gasteiger partial charge is 0.274 e. The summed E-state index contributed by atoms with van der Waals surface area (Å²) >= 11 is 0. The fourth-order valence-corrected chi connectivity index (χ4v) is 2.58. The number of rotatable bonds is 3. The Morgan fingerprint density at radius 3 is 2.50 bits per heavy atom.